The molecule has 2 N–H and O–H groups in total. The van der Waals surface area contributed by atoms with E-state index in [1.54, 1.807) is 12.1 Å². The van der Waals surface area contributed by atoms with Crippen LogP contribution in [-0.2, 0) is 0 Å². The number of halogens is 3. The van der Waals surface area contributed by atoms with E-state index in [1.165, 1.54) is 36.4 Å². The smallest absolute Gasteiger partial charge is 0.387 e. The molecule has 2 aromatic carbocycles. The zero-order chi connectivity index (χ0) is 15.2. The largest absolute Gasteiger partial charge is 0.435 e. The first-order chi connectivity index (χ1) is 10.0. The highest BCUT2D eigenvalue weighted by molar-refractivity contribution is 7.80. The van der Waals surface area contributed by atoms with Crippen molar-refractivity contribution in [2.24, 2.45) is 0 Å². The van der Waals surface area contributed by atoms with Gasteiger partial charge in [0, 0.05) is 11.4 Å². The van der Waals surface area contributed by atoms with Crippen LogP contribution in [0.1, 0.15) is 0 Å². The van der Waals surface area contributed by atoms with E-state index in [2.05, 4.69) is 15.4 Å². The first-order valence-electron chi connectivity index (χ1n) is 5.91. The maximum Gasteiger partial charge on any atom is 0.387 e. The highest BCUT2D eigenvalue weighted by Gasteiger charge is 2.04. The Morgan fingerprint density at radius 3 is 2.29 bits per heavy atom. The van der Waals surface area contributed by atoms with Crippen LogP contribution in [-0.4, -0.2) is 11.7 Å². The molecule has 0 spiro atoms. The standard InChI is InChI=1S/C14H11F3N2OS/c15-9-2-1-3-11(8-9)19-14(21)18-10-4-6-12(7-5-10)20-13(16)17/h1-8,13H,(H2,18,19,21). The fourth-order valence-corrected chi connectivity index (χ4v) is 1.82. The van der Waals surface area contributed by atoms with E-state index < -0.39 is 6.61 Å². The summed E-state index contributed by atoms with van der Waals surface area (Å²) in [6.45, 7) is -2.86. The van der Waals surface area contributed by atoms with Gasteiger partial charge in [-0.1, -0.05) is 6.07 Å². The molecule has 0 saturated heterocycles. The number of alkyl halides is 2. The van der Waals surface area contributed by atoms with Crippen molar-refractivity contribution < 1.29 is 17.9 Å². The molecule has 0 radical (unpaired) electrons. The second-order valence-electron chi connectivity index (χ2n) is 3.99. The molecule has 7 heteroatoms. The third-order valence-corrected chi connectivity index (χ3v) is 2.62. The minimum atomic E-state index is -2.86. The average molecular weight is 312 g/mol. The van der Waals surface area contributed by atoms with Crippen molar-refractivity contribution >= 4 is 28.7 Å². The Morgan fingerprint density at radius 1 is 1.00 bits per heavy atom. The fourth-order valence-electron chi connectivity index (χ4n) is 1.58. The van der Waals surface area contributed by atoms with Crippen LogP contribution in [0.3, 0.4) is 0 Å². The van der Waals surface area contributed by atoms with E-state index in [1.807, 2.05) is 0 Å². The Balaban J connectivity index is 1.93. The molecule has 21 heavy (non-hydrogen) atoms. The Morgan fingerprint density at radius 2 is 1.67 bits per heavy atom. The molecule has 0 aliphatic rings. The van der Waals surface area contributed by atoms with Crippen molar-refractivity contribution in [3.05, 3.63) is 54.3 Å². The van der Waals surface area contributed by atoms with Gasteiger partial charge in [-0.3, -0.25) is 0 Å². The van der Waals surface area contributed by atoms with Crippen molar-refractivity contribution in [3.63, 3.8) is 0 Å². The molecule has 0 bridgehead atoms. The maximum absolute atomic E-state index is 13.0. The summed E-state index contributed by atoms with van der Waals surface area (Å²) in [4.78, 5) is 0. The van der Waals surface area contributed by atoms with Crippen LogP contribution in [0.2, 0.25) is 0 Å². The summed E-state index contributed by atoms with van der Waals surface area (Å²) in [5.74, 6) is -0.323. The Bertz CT molecular complexity index is 620. The Hall–Kier alpha value is -2.28. The van der Waals surface area contributed by atoms with Crippen LogP contribution < -0.4 is 15.4 Å². The van der Waals surface area contributed by atoms with Crippen molar-refractivity contribution in [1.29, 1.82) is 0 Å². The van der Waals surface area contributed by atoms with Crippen molar-refractivity contribution in [1.82, 2.24) is 0 Å². The van der Waals surface area contributed by atoms with Crippen LogP contribution >= 0.6 is 12.2 Å². The highest BCUT2D eigenvalue weighted by Crippen LogP contribution is 2.18. The number of benzene rings is 2. The minimum absolute atomic E-state index is 0.0551. The van der Waals surface area contributed by atoms with E-state index in [4.69, 9.17) is 12.2 Å². The van der Waals surface area contributed by atoms with E-state index in [0.29, 0.717) is 11.4 Å². The molecule has 3 nitrogen and oxygen atoms in total. The summed E-state index contributed by atoms with van der Waals surface area (Å²) in [6.07, 6.45) is 0. The van der Waals surface area contributed by atoms with E-state index in [0.717, 1.165) is 0 Å². The van der Waals surface area contributed by atoms with E-state index in [9.17, 15) is 13.2 Å². The van der Waals surface area contributed by atoms with Gasteiger partial charge >= 0.3 is 6.61 Å². The number of rotatable bonds is 4. The maximum atomic E-state index is 13.0. The molecular weight excluding hydrogens is 301 g/mol. The molecule has 2 aromatic rings. The zero-order valence-corrected chi connectivity index (χ0v) is 11.5. The minimum Gasteiger partial charge on any atom is -0.435 e. The summed E-state index contributed by atoms with van der Waals surface area (Å²) in [7, 11) is 0. The summed E-state index contributed by atoms with van der Waals surface area (Å²) in [5.41, 5.74) is 1.09. The van der Waals surface area contributed by atoms with Gasteiger partial charge in [-0.25, -0.2) is 4.39 Å². The highest BCUT2D eigenvalue weighted by atomic mass is 32.1. The quantitative estimate of drug-likeness (QED) is 0.828. The normalized spacial score (nSPS) is 10.3. The topological polar surface area (TPSA) is 33.3 Å². The van der Waals surface area contributed by atoms with Gasteiger partial charge < -0.3 is 15.4 Å². The molecular formula is C14H11F3N2OS. The molecule has 0 saturated carbocycles. The van der Waals surface area contributed by atoms with Gasteiger partial charge in [0.1, 0.15) is 11.6 Å². The number of thiocarbonyl (C=S) groups is 1. The van der Waals surface area contributed by atoms with Crippen LogP contribution in [0.25, 0.3) is 0 Å². The second-order valence-corrected chi connectivity index (χ2v) is 4.40. The summed E-state index contributed by atoms with van der Waals surface area (Å²) in [5, 5.41) is 5.91. The monoisotopic (exact) mass is 312 g/mol. The second kappa shape index (κ2) is 6.94. The van der Waals surface area contributed by atoms with Crippen LogP contribution in [0.5, 0.6) is 5.75 Å². The Labute approximate surface area is 124 Å². The predicted molar refractivity (Wildman–Crippen MR) is 79.3 cm³/mol. The van der Waals surface area contributed by atoms with Gasteiger partial charge in [0.15, 0.2) is 5.11 Å². The number of hydrogen-bond acceptors (Lipinski definition) is 2. The molecule has 0 aromatic heterocycles. The van der Waals surface area contributed by atoms with Crippen LogP contribution in [0.4, 0.5) is 24.5 Å². The summed E-state index contributed by atoms with van der Waals surface area (Å²) in [6, 6.07) is 11.7. The molecule has 0 atom stereocenters. The van der Waals surface area contributed by atoms with Crippen LogP contribution in [0, 0.1) is 5.82 Å². The molecule has 0 amide bonds. The SMILES string of the molecule is Fc1cccc(NC(=S)Nc2ccc(OC(F)F)cc2)c1. The number of hydrogen-bond donors (Lipinski definition) is 2. The molecule has 0 heterocycles. The summed E-state index contributed by atoms with van der Waals surface area (Å²) >= 11 is 5.07. The molecule has 0 aliphatic carbocycles. The predicted octanol–water partition coefficient (Wildman–Crippen LogP) is 4.24. The van der Waals surface area contributed by atoms with Gasteiger partial charge in [0.25, 0.3) is 0 Å². The van der Waals surface area contributed by atoms with Gasteiger partial charge in [-0.05, 0) is 54.7 Å². The molecule has 2 rings (SSSR count). The number of anilines is 2. The Kier molecular flexibility index (Phi) is 4.99. The zero-order valence-electron chi connectivity index (χ0n) is 10.6. The van der Waals surface area contributed by atoms with Crippen molar-refractivity contribution in [2.45, 2.75) is 6.61 Å². The molecule has 110 valence electrons. The number of nitrogens with one attached hydrogen (secondary N) is 2. The third-order valence-electron chi connectivity index (χ3n) is 2.42. The molecule has 0 unspecified atom stereocenters. The first kappa shape index (κ1) is 15.1. The lowest BCUT2D eigenvalue weighted by molar-refractivity contribution is -0.0498. The third kappa shape index (κ3) is 4.96. The van der Waals surface area contributed by atoms with Gasteiger partial charge in [0.2, 0.25) is 0 Å². The summed E-state index contributed by atoms with van der Waals surface area (Å²) < 4.78 is 41.3. The van der Waals surface area contributed by atoms with E-state index >= 15 is 0 Å². The molecule has 0 fully saturated rings. The van der Waals surface area contributed by atoms with Crippen molar-refractivity contribution in [3.8, 4) is 5.75 Å². The lowest BCUT2D eigenvalue weighted by Gasteiger charge is -2.11. The lowest BCUT2D eigenvalue weighted by Crippen LogP contribution is -2.19. The average Bonchev–Trinajstić information content (AvgIpc) is 2.40. The lowest BCUT2D eigenvalue weighted by atomic mass is 10.3. The van der Waals surface area contributed by atoms with Gasteiger partial charge in [-0.15, -0.1) is 0 Å². The fraction of sp³-hybridized carbons (Fsp3) is 0.0714. The number of ether oxygens (including phenoxy) is 1. The van der Waals surface area contributed by atoms with Gasteiger partial charge in [-0.2, -0.15) is 8.78 Å². The van der Waals surface area contributed by atoms with Gasteiger partial charge in [0.05, 0.1) is 0 Å². The van der Waals surface area contributed by atoms with E-state index in [-0.39, 0.29) is 16.7 Å². The molecule has 0 aliphatic heterocycles. The van der Waals surface area contributed by atoms with Crippen LogP contribution in [0.15, 0.2) is 48.5 Å². The van der Waals surface area contributed by atoms with Crippen molar-refractivity contribution in [2.75, 3.05) is 10.6 Å². The first-order valence-corrected chi connectivity index (χ1v) is 6.32.